The van der Waals surface area contributed by atoms with E-state index in [1.165, 1.54) is 19.3 Å². The molecule has 2 N–H and O–H groups in total. The quantitative estimate of drug-likeness (QED) is 0.575. The number of nitrogens with one attached hydrogen (secondary N) is 2. The van der Waals surface area contributed by atoms with Gasteiger partial charge >= 0.3 is 0 Å². The number of nitrogens with zero attached hydrogens (tertiary/aromatic N) is 6. The number of guanidine groups is 1. The molecule has 0 radical (unpaired) electrons. The number of anilines is 1. The Morgan fingerprint density at radius 2 is 2.21 bits per heavy atom. The van der Waals surface area contributed by atoms with E-state index in [0.717, 1.165) is 62.4 Å². The van der Waals surface area contributed by atoms with Crippen LogP contribution in [0.5, 0.6) is 0 Å². The van der Waals surface area contributed by atoms with Crippen LogP contribution in [0.1, 0.15) is 44.3 Å². The SMILES string of the molecule is CCNC(=NCc1nnc2n1CCCCC2)NC1CCN(c2ncccc2Cl)C1. The third kappa shape index (κ3) is 4.80. The lowest BCUT2D eigenvalue weighted by atomic mass is 10.2. The number of aliphatic imine (C=N–C) groups is 1. The molecule has 4 rings (SSSR count). The van der Waals surface area contributed by atoms with E-state index in [0.29, 0.717) is 17.6 Å². The number of aryl methyl sites for hydroxylation is 1. The number of pyridine rings is 1. The molecule has 2 aliphatic rings. The summed E-state index contributed by atoms with van der Waals surface area (Å²) in [6.45, 7) is 6.19. The van der Waals surface area contributed by atoms with Crippen LogP contribution in [-0.2, 0) is 19.5 Å². The molecule has 1 atom stereocenters. The van der Waals surface area contributed by atoms with Crippen LogP contribution in [0.3, 0.4) is 0 Å². The smallest absolute Gasteiger partial charge is 0.191 e. The van der Waals surface area contributed by atoms with Crippen LogP contribution in [0.4, 0.5) is 5.82 Å². The highest BCUT2D eigenvalue weighted by Gasteiger charge is 2.25. The van der Waals surface area contributed by atoms with Gasteiger partial charge < -0.3 is 20.1 Å². The molecule has 0 saturated carbocycles. The van der Waals surface area contributed by atoms with Crippen LogP contribution >= 0.6 is 11.6 Å². The maximum Gasteiger partial charge on any atom is 0.191 e. The van der Waals surface area contributed by atoms with Crippen LogP contribution in [-0.4, -0.2) is 51.4 Å². The van der Waals surface area contributed by atoms with E-state index < -0.39 is 0 Å². The van der Waals surface area contributed by atoms with Crippen molar-refractivity contribution in [1.82, 2.24) is 30.4 Å². The molecule has 0 spiro atoms. The molecule has 9 heteroatoms. The van der Waals surface area contributed by atoms with Crippen LogP contribution in [0.25, 0.3) is 0 Å². The summed E-state index contributed by atoms with van der Waals surface area (Å²) in [5, 5.41) is 16.4. The minimum atomic E-state index is 0.293. The summed E-state index contributed by atoms with van der Waals surface area (Å²) in [4.78, 5) is 11.4. The number of hydrogen-bond acceptors (Lipinski definition) is 5. The predicted molar refractivity (Wildman–Crippen MR) is 115 cm³/mol. The second-order valence-corrected chi connectivity index (χ2v) is 7.98. The molecule has 1 fully saturated rings. The molecule has 8 nitrogen and oxygen atoms in total. The van der Waals surface area contributed by atoms with Crippen molar-refractivity contribution < 1.29 is 0 Å². The van der Waals surface area contributed by atoms with Gasteiger partial charge in [-0.25, -0.2) is 9.98 Å². The first-order valence-electron chi connectivity index (χ1n) is 10.6. The maximum atomic E-state index is 6.31. The summed E-state index contributed by atoms with van der Waals surface area (Å²) in [5.74, 6) is 3.72. The molecule has 2 aromatic heterocycles. The van der Waals surface area contributed by atoms with E-state index in [1.807, 2.05) is 12.1 Å². The Bertz CT molecular complexity index is 849. The normalized spacial score (nSPS) is 19.7. The molecule has 4 heterocycles. The molecule has 0 aromatic carbocycles. The number of rotatable bonds is 5. The first-order valence-corrected chi connectivity index (χ1v) is 10.9. The monoisotopic (exact) mass is 416 g/mol. The average molecular weight is 417 g/mol. The second-order valence-electron chi connectivity index (χ2n) is 7.57. The lowest BCUT2D eigenvalue weighted by Gasteiger charge is -2.20. The van der Waals surface area contributed by atoms with Gasteiger partial charge in [0.05, 0.1) is 5.02 Å². The fourth-order valence-corrected chi connectivity index (χ4v) is 4.25. The Kier molecular flexibility index (Phi) is 6.49. The van der Waals surface area contributed by atoms with Crippen molar-refractivity contribution in [2.24, 2.45) is 4.99 Å². The molecule has 29 heavy (non-hydrogen) atoms. The summed E-state index contributed by atoms with van der Waals surface area (Å²) in [6.07, 6.45) is 7.46. The predicted octanol–water partition coefficient (Wildman–Crippen LogP) is 2.39. The number of fused-ring (bicyclic) bond motifs is 1. The highest BCUT2D eigenvalue weighted by atomic mass is 35.5. The number of hydrogen-bond donors (Lipinski definition) is 2. The summed E-state index contributed by atoms with van der Waals surface area (Å²) >= 11 is 6.31. The van der Waals surface area contributed by atoms with Gasteiger partial charge in [0.1, 0.15) is 18.2 Å². The fraction of sp³-hybridized carbons (Fsp3) is 0.600. The van der Waals surface area contributed by atoms with Crippen LogP contribution in [0, 0.1) is 0 Å². The van der Waals surface area contributed by atoms with Gasteiger partial charge in [-0.3, -0.25) is 0 Å². The van der Waals surface area contributed by atoms with E-state index in [-0.39, 0.29) is 0 Å². The van der Waals surface area contributed by atoms with Gasteiger partial charge in [-0.2, -0.15) is 0 Å². The minimum absolute atomic E-state index is 0.293. The standard InChI is InChI=1S/C20H29ClN8/c1-2-22-20(24-13-18-27-26-17-8-4-3-5-11-29(17)18)25-15-9-12-28(14-15)19-16(21)7-6-10-23-19/h6-7,10,15H,2-5,8-9,11-14H2,1H3,(H2,22,24,25). The average Bonchev–Trinajstić information content (AvgIpc) is 3.27. The second kappa shape index (κ2) is 9.43. The first kappa shape index (κ1) is 19.9. The zero-order valence-corrected chi connectivity index (χ0v) is 17.7. The molecular weight excluding hydrogens is 388 g/mol. The Labute approximate surface area is 176 Å². The summed E-state index contributed by atoms with van der Waals surface area (Å²) in [6, 6.07) is 4.04. The topological polar surface area (TPSA) is 83.3 Å². The third-order valence-electron chi connectivity index (χ3n) is 5.48. The summed E-state index contributed by atoms with van der Waals surface area (Å²) in [7, 11) is 0. The highest BCUT2D eigenvalue weighted by molar-refractivity contribution is 6.32. The van der Waals surface area contributed by atoms with E-state index in [4.69, 9.17) is 16.6 Å². The van der Waals surface area contributed by atoms with Crippen LogP contribution in [0.2, 0.25) is 5.02 Å². The van der Waals surface area contributed by atoms with E-state index >= 15 is 0 Å². The molecule has 156 valence electrons. The third-order valence-corrected chi connectivity index (χ3v) is 5.77. The van der Waals surface area contributed by atoms with Gasteiger partial charge in [-0.1, -0.05) is 18.0 Å². The fourth-order valence-electron chi connectivity index (χ4n) is 4.01. The summed E-state index contributed by atoms with van der Waals surface area (Å²) < 4.78 is 2.25. The van der Waals surface area contributed by atoms with Crippen LogP contribution < -0.4 is 15.5 Å². The van der Waals surface area contributed by atoms with Gasteiger partial charge in [0.25, 0.3) is 0 Å². The van der Waals surface area contributed by atoms with E-state index in [1.54, 1.807) is 6.20 Å². The van der Waals surface area contributed by atoms with Crippen molar-refractivity contribution in [1.29, 1.82) is 0 Å². The van der Waals surface area contributed by atoms with E-state index in [9.17, 15) is 0 Å². The molecule has 1 unspecified atom stereocenters. The van der Waals surface area contributed by atoms with Crippen LogP contribution in [0.15, 0.2) is 23.3 Å². The zero-order valence-electron chi connectivity index (χ0n) is 16.9. The molecular formula is C20H29ClN8. The van der Waals surface area contributed by atoms with Gasteiger partial charge in [0.15, 0.2) is 11.8 Å². The van der Waals surface area contributed by atoms with Crippen molar-refractivity contribution in [3.05, 3.63) is 35.0 Å². The van der Waals surface area contributed by atoms with Crippen molar-refractivity contribution in [2.75, 3.05) is 24.5 Å². The minimum Gasteiger partial charge on any atom is -0.357 e. The Morgan fingerprint density at radius 1 is 1.28 bits per heavy atom. The first-order chi connectivity index (χ1) is 14.2. The van der Waals surface area contributed by atoms with Crippen molar-refractivity contribution in [3.63, 3.8) is 0 Å². The molecule has 0 bridgehead atoms. The Morgan fingerprint density at radius 3 is 3.07 bits per heavy atom. The number of halogens is 1. The largest absolute Gasteiger partial charge is 0.357 e. The van der Waals surface area contributed by atoms with Gasteiger partial charge in [0.2, 0.25) is 0 Å². The Hall–Kier alpha value is -2.35. The van der Waals surface area contributed by atoms with Crippen molar-refractivity contribution >= 4 is 23.4 Å². The zero-order chi connectivity index (χ0) is 20.1. The van der Waals surface area contributed by atoms with Gasteiger partial charge in [0, 0.05) is 44.8 Å². The highest BCUT2D eigenvalue weighted by Crippen LogP contribution is 2.25. The lowest BCUT2D eigenvalue weighted by molar-refractivity contribution is 0.603. The molecule has 2 aliphatic heterocycles. The molecule has 0 amide bonds. The van der Waals surface area contributed by atoms with E-state index in [2.05, 4.69) is 42.2 Å². The van der Waals surface area contributed by atoms with Crippen molar-refractivity contribution in [3.8, 4) is 0 Å². The van der Waals surface area contributed by atoms with Crippen molar-refractivity contribution in [2.45, 2.75) is 58.2 Å². The lowest BCUT2D eigenvalue weighted by Crippen LogP contribution is -2.44. The maximum absolute atomic E-state index is 6.31. The molecule has 1 saturated heterocycles. The molecule has 0 aliphatic carbocycles. The van der Waals surface area contributed by atoms with Gasteiger partial charge in [-0.05, 0) is 38.3 Å². The Balaban J connectivity index is 1.40. The number of aromatic nitrogens is 4. The van der Waals surface area contributed by atoms with Gasteiger partial charge in [-0.15, -0.1) is 10.2 Å². The molecule has 2 aromatic rings. The summed E-state index contributed by atoms with van der Waals surface area (Å²) in [5.41, 5.74) is 0.